The van der Waals surface area contributed by atoms with Gasteiger partial charge in [0.05, 0.1) is 11.1 Å². The molecule has 0 radical (unpaired) electrons. The van der Waals surface area contributed by atoms with Crippen molar-refractivity contribution in [1.29, 1.82) is 0 Å². The number of carbonyl (C=O) groups excluding carboxylic acids is 1. The van der Waals surface area contributed by atoms with Gasteiger partial charge in [-0.2, -0.15) is 0 Å². The molecular weight excluding hydrogens is 436 g/mol. The highest BCUT2D eigenvalue weighted by molar-refractivity contribution is 5.92. The van der Waals surface area contributed by atoms with Crippen LogP contribution < -0.4 is 4.74 Å². The molecule has 4 nitrogen and oxygen atoms in total. The van der Waals surface area contributed by atoms with E-state index in [9.17, 15) is 14.7 Å². The predicted octanol–water partition coefficient (Wildman–Crippen LogP) is 8.08. The van der Waals surface area contributed by atoms with E-state index in [4.69, 9.17) is 4.74 Å². The largest absolute Gasteiger partial charge is 0.478 e. The average Bonchev–Trinajstić information content (AvgIpc) is 2.87. The minimum Gasteiger partial charge on any atom is -0.478 e. The molecule has 0 spiro atoms. The van der Waals surface area contributed by atoms with Crippen LogP contribution in [0.25, 0.3) is 11.1 Å². The van der Waals surface area contributed by atoms with Crippen molar-refractivity contribution < 1.29 is 19.4 Å². The molecule has 0 bridgehead atoms. The molecule has 3 aromatic rings. The zero-order valence-electron chi connectivity index (χ0n) is 21.3. The Morgan fingerprint density at radius 3 is 2.29 bits per heavy atom. The second-order valence-electron chi connectivity index (χ2n) is 9.16. The summed E-state index contributed by atoms with van der Waals surface area (Å²) >= 11 is 0. The Morgan fingerprint density at radius 1 is 0.914 bits per heavy atom. The van der Waals surface area contributed by atoms with E-state index in [1.807, 2.05) is 61.5 Å². The number of hydrogen-bond donors (Lipinski definition) is 1. The summed E-state index contributed by atoms with van der Waals surface area (Å²) in [6, 6.07) is 18.9. The molecule has 1 N–H and O–H groups in total. The Hall–Kier alpha value is -3.40. The fraction of sp³-hybridized carbons (Fsp3) is 0.355. The summed E-state index contributed by atoms with van der Waals surface area (Å²) in [7, 11) is 0. The normalized spacial score (nSPS) is 11.8. The molecule has 0 aliphatic heterocycles. The third-order valence-corrected chi connectivity index (χ3v) is 6.51. The molecule has 0 fully saturated rings. The van der Waals surface area contributed by atoms with E-state index < -0.39 is 5.97 Å². The first-order valence-electron chi connectivity index (χ1n) is 12.7. The Kier molecular flexibility index (Phi) is 9.25. The standard InChI is InChI=1S/C31H36O4/c1-5-8-10-21(4)29-20-26(35-31(34)24-13-11-22(9-6-2)12-14-24)16-18-27(29)25-15-17-28(30(32)33)23(7-3)19-25/h11-21H,5-10H2,1-4H3,(H,32,33)/t21-/m1/s1. The monoisotopic (exact) mass is 472 g/mol. The van der Waals surface area contributed by atoms with Crippen molar-refractivity contribution in [2.45, 2.75) is 72.1 Å². The van der Waals surface area contributed by atoms with Gasteiger partial charge >= 0.3 is 11.9 Å². The maximum absolute atomic E-state index is 12.8. The first kappa shape index (κ1) is 26.2. The first-order chi connectivity index (χ1) is 16.9. The highest BCUT2D eigenvalue weighted by atomic mass is 16.5. The third-order valence-electron chi connectivity index (χ3n) is 6.51. The molecule has 0 saturated carbocycles. The van der Waals surface area contributed by atoms with Crippen LogP contribution in [0.5, 0.6) is 5.75 Å². The predicted molar refractivity (Wildman–Crippen MR) is 142 cm³/mol. The number of carboxylic acids is 1. The van der Waals surface area contributed by atoms with Crippen LogP contribution in [0.15, 0.2) is 60.7 Å². The summed E-state index contributed by atoms with van der Waals surface area (Å²) in [6.07, 6.45) is 5.93. The van der Waals surface area contributed by atoms with Crippen molar-refractivity contribution in [2.24, 2.45) is 0 Å². The van der Waals surface area contributed by atoms with Crippen molar-refractivity contribution in [2.75, 3.05) is 0 Å². The van der Waals surface area contributed by atoms with Gasteiger partial charge in [-0.25, -0.2) is 9.59 Å². The van der Waals surface area contributed by atoms with Crippen LogP contribution in [0.4, 0.5) is 0 Å². The Balaban J connectivity index is 1.94. The van der Waals surface area contributed by atoms with Gasteiger partial charge in [-0.05, 0) is 83.3 Å². The van der Waals surface area contributed by atoms with Crippen LogP contribution in [0.2, 0.25) is 0 Å². The van der Waals surface area contributed by atoms with Crippen LogP contribution in [-0.4, -0.2) is 17.0 Å². The van der Waals surface area contributed by atoms with Crippen molar-refractivity contribution >= 4 is 11.9 Å². The molecule has 0 amide bonds. The summed E-state index contributed by atoms with van der Waals surface area (Å²) in [5, 5.41) is 9.51. The minimum atomic E-state index is -0.907. The van der Waals surface area contributed by atoms with Crippen molar-refractivity contribution in [3.05, 3.63) is 88.5 Å². The summed E-state index contributed by atoms with van der Waals surface area (Å²) < 4.78 is 5.77. The molecule has 3 rings (SSSR count). The van der Waals surface area contributed by atoms with E-state index in [1.165, 1.54) is 5.56 Å². The molecule has 0 saturated heterocycles. The lowest BCUT2D eigenvalue weighted by atomic mass is 9.87. The van der Waals surface area contributed by atoms with Gasteiger partial charge in [0.25, 0.3) is 0 Å². The molecule has 1 atom stereocenters. The van der Waals surface area contributed by atoms with Crippen molar-refractivity contribution in [1.82, 2.24) is 0 Å². The van der Waals surface area contributed by atoms with Crippen LogP contribution in [-0.2, 0) is 12.8 Å². The molecule has 4 heteroatoms. The van der Waals surface area contributed by atoms with Crippen molar-refractivity contribution in [3.8, 4) is 16.9 Å². The maximum atomic E-state index is 12.8. The minimum absolute atomic E-state index is 0.265. The van der Waals surface area contributed by atoms with E-state index >= 15 is 0 Å². The number of unbranched alkanes of at least 4 members (excludes halogenated alkanes) is 1. The maximum Gasteiger partial charge on any atom is 0.343 e. The van der Waals surface area contributed by atoms with E-state index in [1.54, 1.807) is 6.07 Å². The lowest BCUT2D eigenvalue weighted by molar-refractivity contribution is 0.0693. The molecule has 0 aromatic heterocycles. The molecule has 35 heavy (non-hydrogen) atoms. The van der Waals surface area contributed by atoms with Gasteiger partial charge in [0.2, 0.25) is 0 Å². The van der Waals surface area contributed by atoms with Crippen molar-refractivity contribution in [3.63, 3.8) is 0 Å². The van der Waals surface area contributed by atoms with E-state index in [-0.39, 0.29) is 11.9 Å². The molecule has 3 aromatic carbocycles. The van der Waals surface area contributed by atoms with Gasteiger partial charge in [-0.1, -0.05) is 77.3 Å². The molecule has 0 aliphatic rings. The zero-order chi connectivity index (χ0) is 25.4. The number of rotatable bonds is 11. The summed E-state index contributed by atoms with van der Waals surface area (Å²) in [6.45, 7) is 8.47. The van der Waals surface area contributed by atoms with Gasteiger partial charge < -0.3 is 9.84 Å². The lowest BCUT2D eigenvalue weighted by Gasteiger charge is -2.19. The van der Waals surface area contributed by atoms with Crippen LogP contribution in [0, 0.1) is 0 Å². The first-order valence-corrected chi connectivity index (χ1v) is 12.7. The summed E-state index contributed by atoms with van der Waals surface area (Å²) in [5.74, 6) is -0.490. The van der Waals surface area contributed by atoms with Crippen LogP contribution >= 0.6 is 0 Å². The topological polar surface area (TPSA) is 63.6 Å². The fourth-order valence-electron chi connectivity index (χ4n) is 4.47. The van der Waals surface area contributed by atoms with Gasteiger partial charge in [-0.15, -0.1) is 0 Å². The summed E-state index contributed by atoms with van der Waals surface area (Å²) in [5.41, 5.74) is 6.02. The van der Waals surface area contributed by atoms with Crippen LogP contribution in [0.3, 0.4) is 0 Å². The third kappa shape index (κ3) is 6.60. The average molecular weight is 473 g/mol. The van der Waals surface area contributed by atoms with E-state index in [2.05, 4.69) is 20.8 Å². The number of hydrogen-bond acceptors (Lipinski definition) is 3. The van der Waals surface area contributed by atoms with Gasteiger partial charge in [0.15, 0.2) is 0 Å². The van der Waals surface area contributed by atoms with E-state index in [0.29, 0.717) is 23.3 Å². The van der Waals surface area contributed by atoms with E-state index in [0.717, 1.165) is 54.4 Å². The number of aromatic carboxylic acids is 1. The van der Waals surface area contributed by atoms with Crippen LogP contribution in [0.1, 0.15) is 96.7 Å². The van der Waals surface area contributed by atoms with Gasteiger partial charge in [0.1, 0.15) is 5.75 Å². The van der Waals surface area contributed by atoms with Gasteiger partial charge in [-0.3, -0.25) is 0 Å². The Bertz CT molecular complexity index is 1160. The quantitative estimate of drug-likeness (QED) is 0.226. The Labute approximate surface area is 209 Å². The molecule has 0 unspecified atom stereocenters. The zero-order valence-corrected chi connectivity index (χ0v) is 21.3. The number of esters is 1. The highest BCUT2D eigenvalue weighted by Crippen LogP contribution is 2.36. The number of ether oxygens (including phenoxy) is 1. The Morgan fingerprint density at radius 2 is 1.66 bits per heavy atom. The number of carbonyl (C=O) groups is 2. The number of aryl methyl sites for hydroxylation is 2. The van der Waals surface area contributed by atoms with Gasteiger partial charge in [0, 0.05) is 0 Å². The summed E-state index contributed by atoms with van der Waals surface area (Å²) in [4.78, 5) is 24.4. The SMILES string of the molecule is CCCC[C@@H](C)c1cc(OC(=O)c2ccc(CCC)cc2)ccc1-c1ccc(C(=O)O)c(CC)c1. The second kappa shape index (κ2) is 12.3. The number of benzene rings is 3. The lowest BCUT2D eigenvalue weighted by Crippen LogP contribution is -2.09. The smallest absolute Gasteiger partial charge is 0.343 e. The highest BCUT2D eigenvalue weighted by Gasteiger charge is 2.17. The molecule has 0 aliphatic carbocycles. The number of carboxylic acid groups (broad SMARTS) is 1. The molecule has 0 heterocycles. The fourth-order valence-corrected chi connectivity index (χ4v) is 4.47. The second-order valence-corrected chi connectivity index (χ2v) is 9.16. The molecular formula is C31H36O4. The molecule has 184 valence electrons.